The van der Waals surface area contributed by atoms with Gasteiger partial charge in [0, 0.05) is 35.0 Å². The van der Waals surface area contributed by atoms with Crippen molar-refractivity contribution in [2.24, 2.45) is 0 Å². The smallest absolute Gasteiger partial charge is 0.224 e. The van der Waals surface area contributed by atoms with Gasteiger partial charge in [0.25, 0.3) is 0 Å². The predicted octanol–water partition coefficient (Wildman–Crippen LogP) is 4.16. The second kappa shape index (κ2) is 8.03. The first-order chi connectivity index (χ1) is 13.0. The number of pyridine rings is 1. The number of H-pyrrole nitrogens is 1. The largest absolute Gasteiger partial charge is 0.354 e. The van der Waals surface area contributed by atoms with E-state index < -0.39 is 0 Å². The number of anilines is 2. The van der Waals surface area contributed by atoms with Crippen LogP contribution < -0.4 is 16.1 Å². The van der Waals surface area contributed by atoms with E-state index in [4.69, 9.17) is 0 Å². The fourth-order valence-electron chi connectivity index (χ4n) is 3.04. The maximum absolute atomic E-state index is 12.8. The third-order valence-corrected chi connectivity index (χ3v) is 4.32. The molecule has 0 saturated carbocycles. The summed E-state index contributed by atoms with van der Waals surface area (Å²) < 4.78 is 0. The first kappa shape index (κ1) is 18.6. The molecule has 2 amide bonds. The molecule has 0 radical (unpaired) electrons. The molecule has 0 aliphatic heterocycles. The number of carbonyl (C=O) groups is 2. The highest BCUT2D eigenvalue weighted by molar-refractivity contribution is 5.99. The van der Waals surface area contributed by atoms with Crippen molar-refractivity contribution in [3.05, 3.63) is 46.6 Å². The molecule has 27 heavy (non-hydrogen) atoms. The van der Waals surface area contributed by atoms with Gasteiger partial charge in [0.15, 0.2) is 5.43 Å². The van der Waals surface area contributed by atoms with Crippen molar-refractivity contribution in [3.63, 3.8) is 0 Å². The van der Waals surface area contributed by atoms with Crippen LogP contribution in [0, 0.1) is 0 Å². The van der Waals surface area contributed by atoms with Gasteiger partial charge >= 0.3 is 0 Å². The Balaban J connectivity index is 2.01. The van der Waals surface area contributed by atoms with Crippen molar-refractivity contribution in [3.8, 4) is 0 Å². The Morgan fingerprint density at radius 3 is 1.67 bits per heavy atom. The second-order valence-electron chi connectivity index (χ2n) is 6.57. The number of aromatic nitrogens is 1. The number of hydrogen-bond acceptors (Lipinski definition) is 3. The van der Waals surface area contributed by atoms with Gasteiger partial charge in [-0.15, -0.1) is 0 Å². The summed E-state index contributed by atoms with van der Waals surface area (Å²) in [6.45, 7) is 3.89. The van der Waals surface area contributed by atoms with Gasteiger partial charge in [-0.2, -0.15) is 0 Å². The van der Waals surface area contributed by atoms with Crippen LogP contribution in [-0.4, -0.2) is 16.8 Å². The zero-order valence-corrected chi connectivity index (χ0v) is 15.5. The molecule has 0 fully saturated rings. The van der Waals surface area contributed by atoms with Crippen molar-refractivity contribution in [2.45, 2.75) is 39.5 Å². The molecule has 0 spiro atoms. The van der Waals surface area contributed by atoms with Crippen molar-refractivity contribution in [2.75, 3.05) is 10.6 Å². The van der Waals surface area contributed by atoms with Crippen LogP contribution in [0.4, 0.5) is 11.4 Å². The van der Waals surface area contributed by atoms with E-state index >= 15 is 0 Å². The number of hydrogen-bond donors (Lipinski definition) is 3. The average molecular weight is 365 g/mol. The Labute approximate surface area is 157 Å². The third-order valence-electron chi connectivity index (χ3n) is 4.32. The summed E-state index contributed by atoms with van der Waals surface area (Å²) in [5.41, 5.74) is 2.47. The highest BCUT2D eigenvalue weighted by atomic mass is 16.2. The molecule has 3 N–H and O–H groups in total. The number of rotatable bonds is 6. The van der Waals surface area contributed by atoms with E-state index in [0.29, 0.717) is 46.0 Å². The summed E-state index contributed by atoms with van der Waals surface area (Å²) in [7, 11) is 0. The molecule has 0 saturated heterocycles. The summed E-state index contributed by atoms with van der Waals surface area (Å²) in [5, 5.41) is 6.78. The summed E-state index contributed by atoms with van der Waals surface area (Å²) in [4.78, 5) is 39.6. The Morgan fingerprint density at radius 1 is 0.815 bits per heavy atom. The number of aromatic amines is 1. The molecule has 2 aromatic carbocycles. The van der Waals surface area contributed by atoms with Crippen molar-refractivity contribution >= 4 is 45.0 Å². The zero-order chi connectivity index (χ0) is 19.4. The van der Waals surface area contributed by atoms with Crippen LogP contribution >= 0.6 is 0 Å². The van der Waals surface area contributed by atoms with E-state index in [9.17, 15) is 14.4 Å². The molecule has 0 aliphatic rings. The number of amides is 2. The SMILES string of the molecule is CCCC(=O)Nc1ccc2c(=O)c3ccc(NC(=O)CCC)cc3[nH]c2c1. The number of fused-ring (bicyclic) bond motifs is 2. The topological polar surface area (TPSA) is 91.1 Å². The van der Waals surface area contributed by atoms with Crippen LogP contribution in [0.5, 0.6) is 0 Å². The normalized spacial score (nSPS) is 10.9. The summed E-state index contributed by atoms with van der Waals surface area (Å²) >= 11 is 0. The minimum Gasteiger partial charge on any atom is -0.354 e. The number of benzene rings is 2. The molecule has 3 rings (SSSR count). The summed E-state index contributed by atoms with van der Waals surface area (Å²) in [6, 6.07) is 10.4. The minimum atomic E-state index is -0.0865. The molecular weight excluding hydrogens is 342 g/mol. The fourth-order valence-corrected chi connectivity index (χ4v) is 3.04. The molecule has 1 heterocycles. The Hall–Kier alpha value is -3.15. The zero-order valence-electron chi connectivity index (χ0n) is 15.5. The molecule has 0 atom stereocenters. The van der Waals surface area contributed by atoms with Gasteiger partial charge in [0.05, 0.1) is 11.0 Å². The molecule has 3 aromatic rings. The Morgan fingerprint density at radius 2 is 1.26 bits per heavy atom. The molecule has 6 nitrogen and oxygen atoms in total. The van der Waals surface area contributed by atoms with Crippen molar-refractivity contribution in [1.82, 2.24) is 4.98 Å². The molecule has 140 valence electrons. The van der Waals surface area contributed by atoms with Crippen LogP contribution in [0.1, 0.15) is 39.5 Å². The third kappa shape index (κ3) is 4.16. The number of nitrogens with one attached hydrogen (secondary N) is 3. The lowest BCUT2D eigenvalue weighted by Crippen LogP contribution is -2.12. The van der Waals surface area contributed by atoms with E-state index in [0.717, 1.165) is 12.8 Å². The molecule has 6 heteroatoms. The lowest BCUT2D eigenvalue weighted by atomic mass is 10.1. The molecule has 0 aliphatic carbocycles. The second-order valence-corrected chi connectivity index (χ2v) is 6.57. The minimum absolute atomic E-state index is 0.0547. The van der Waals surface area contributed by atoms with Gasteiger partial charge in [0.1, 0.15) is 0 Å². The first-order valence-corrected chi connectivity index (χ1v) is 9.21. The maximum Gasteiger partial charge on any atom is 0.224 e. The standard InChI is InChI=1S/C21H23N3O3/c1-3-5-19(25)22-13-7-9-15-17(11-13)24-18-12-14(23-20(26)6-4-2)8-10-16(18)21(15)27/h7-12H,3-6H2,1-2H3,(H,22,25)(H,23,26)(H,24,27). The highest BCUT2D eigenvalue weighted by Crippen LogP contribution is 2.21. The number of carbonyl (C=O) groups excluding carboxylic acids is 2. The van der Waals surface area contributed by atoms with Gasteiger partial charge in [-0.1, -0.05) is 13.8 Å². The fraction of sp³-hybridized carbons (Fsp3) is 0.286. The first-order valence-electron chi connectivity index (χ1n) is 9.21. The van der Waals surface area contributed by atoms with Crippen LogP contribution in [0.15, 0.2) is 41.2 Å². The van der Waals surface area contributed by atoms with Gasteiger partial charge in [-0.05, 0) is 49.2 Å². The van der Waals surface area contributed by atoms with Crippen molar-refractivity contribution in [1.29, 1.82) is 0 Å². The van der Waals surface area contributed by atoms with Crippen molar-refractivity contribution < 1.29 is 9.59 Å². The Kier molecular flexibility index (Phi) is 5.54. The Bertz CT molecular complexity index is 988. The maximum atomic E-state index is 12.8. The van der Waals surface area contributed by atoms with Crippen LogP contribution in [0.25, 0.3) is 21.8 Å². The van der Waals surface area contributed by atoms with Gasteiger partial charge in [-0.3, -0.25) is 14.4 Å². The lowest BCUT2D eigenvalue weighted by Gasteiger charge is -2.09. The van der Waals surface area contributed by atoms with Gasteiger partial charge in [-0.25, -0.2) is 0 Å². The highest BCUT2D eigenvalue weighted by Gasteiger charge is 2.09. The lowest BCUT2D eigenvalue weighted by molar-refractivity contribution is -0.117. The summed E-state index contributed by atoms with van der Waals surface area (Å²) in [5.74, 6) is -0.109. The molecule has 0 bridgehead atoms. The van der Waals surface area contributed by atoms with Crippen LogP contribution in [0.3, 0.4) is 0 Å². The molecular formula is C21H23N3O3. The monoisotopic (exact) mass is 365 g/mol. The van der Waals surface area contributed by atoms with E-state index in [1.54, 1.807) is 36.4 Å². The molecule has 0 unspecified atom stereocenters. The predicted molar refractivity (Wildman–Crippen MR) is 109 cm³/mol. The van der Waals surface area contributed by atoms with E-state index in [2.05, 4.69) is 15.6 Å². The van der Waals surface area contributed by atoms with Crippen LogP contribution in [-0.2, 0) is 9.59 Å². The van der Waals surface area contributed by atoms with E-state index in [1.807, 2.05) is 13.8 Å². The average Bonchev–Trinajstić information content (AvgIpc) is 2.62. The quantitative estimate of drug-likeness (QED) is 0.573. The van der Waals surface area contributed by atoms with Crippen LogP contribution in [0.2, 0.25) is 0 Å². The molecule has 1 aromatic heterocycles. The van der Waals surface area contributed by atoms with Gasteiger partial charge < -0.3 is 15.6 Å². The van der Waals surface area contributed by atoms with E-state index in [-0.39, 0.29) is 17.2 Å². The summed E-state index contributed by atoms with van der Waals surface area (Å²) in [6.07, 6.45) is 2.45. The van der Waals surface area contributed by atoms with Gasteiger partial charge in [0.2, 0.25) is 11.8 Å². The van der Waals surface area contributed by atoms with E-state index in [1.165, 1.54) is 0 Å².